The minimum absolute atomic E-state index is 0.165. The lowest BCUT2D eigenvalue weighted by atomic mass is 10.1. The van der Waals surface area contributed by atoms with Crippen molar-refractivity contribution in [2.45, 2.75) is 13.8 Å². The van der Waals surface area contributed by atoms with Crippen LogP contribution in [0, 0.1) is 12.7 Å². The molecule has 0 spiro atoms. The molecule has 0 unspecified atom stereocenters. The molecule has 21 heavy (non-hydrogen) atoms. The highest BCUT2D eigenvalue weighted by atomic mass is 79.9. The van der Waals surface area contributed by atoms with Gasteiger partial charge in [-0.3, -0.25) is 4.79 Å². The monoisotopic (exact) mass is 350 g/mol. The zero-order valence-electron chi connectivity index (χ0n) is 11.8. The van der Waals surface area contributed by atoms with Gasteiger partial charge >= 0.3 is 0 Å². The number of anilines is 2. The van der Waals surface area contributed by atoms with Crippen molar-refractivity contribution >= 4 is 33.2 Å². The van der Waals surface area contributed by atoms with E-state index in [1.165, 1.54) is 12.1 Å². The van der Waals surface area contributed by atoms with E-state index < -0.39 is 5.82 Å². The highest BCUT2D eigenvalue weighted by Crippen LogP contribution is 2.21. The van der Waals surface area contributed by atoms with Crippen LogP contribution in [0.15, 0.2) is 40.9 Å². The minimum atomic E-state index is -0.473. The lowest BCUT2D eigenvalue weighted by Gasteiger charge is -2.11. The predicted octanol–water partition coefficient (Wildman–Crippen LogP) is 4.58. The van der Waals surface area contributed by atoms with Crippen molar-refractivity contribution in [3.8, 4) is 0 Å². The summed E-state index contributed by atoms with van der Waals surface area (Å²) in [7, 11) is 0. The van der Waals surface area contributed by atoms with E-state index in [-0.39, 0.29) is 11.6 Å². The molecular formula is C16H16BrFN2O. The first kappa shape index (κ1) is 15.5. The van der Waals surface area contributed by atoms with E-state index in [4.69, 9.17) is 0 Å². The van der Waals surface area contributed by atoms with Crippen LogP contribution in [0.5, 0.6) is 0 Å². The van der Waals surface area contributed by atoms with Crippen molar-refractivity contribution in [1.29, 1.82) is 0 Å². The average molecular weight is 351 g/mol. The standard InChI is InChI=1S/C16H16BrFN2O/c1-3-19-12-5-6-13(10(2)8-12)16(21)20-15-7-4-11(17)9-14(15)18/h4-9,19H,3H2,1-2H3,(H,20,21). The largest absolute Gasteiger partial charge is 0.385 e. The number of aryl methyl sites for hydroxylation is 1. The summed E-state index contributed by atoms with van der Waals surface area (Å²) < 4.78 is 14.4. The molecular weight excluding hydrogens is 335 g/mol. The zero-order chi connectivity index (χ0) is 15.4. The maximum absolute atomic E-state index is 13.7. The topological polar surface area (TPSA) is 41.1 Å². The number of nitrogens with one attached hydrogen (secondary N) is 2. The number of amides is 1. The number of halogens is 2. The maximum Gasteiger partial charge on any atom is 0.256 e. The molecule has 0 heterocycles. The Kier molecular flexibility index (Phi) is 4.96. The molecule has 0 bridgehead atoms. The molecule has 0 radical (unpaired) electrons. The molecule has 0 aliphatic heterocycles. The van der Waals surface area contributed by atoms with Crippen LogP contribution in [0.2, 0.25) is 0 Å². The van der Waals surface area contributed by atoms with Crippen molar-refractivity contribution in [3.05, 3.63) is 57.8 Å². The molecule has 0 fully saturated rings. The molecule has 2 N–H and O–H groups in total. The normalized spacial score (nSPS) is 10.3. The molecule has 0 saturated carbocycles. The highest BCUT2D eigenvalue weighted by Gasteiger charge is 2.12. The number of rotatable bonds is 4. The first-order chi connectivity index (χ1) is 10.0. The Morgan fingerprint density at radius 3 is 2.62 bits per heavy atom. The van der Waals surface area contributed by atoms with E-state index >= 15 is 0 Å². The minimum Gasteiger partial charge on any atom is -0.385 e. The molecule has 110 valence electrons. The van der Waals surface area contributed by atoms with E-state index in [0.29, 0.717) is 10.0 Å². The van der Waals surface area contributed by atoms with Crippen molar-refractivity contribution in [2.75, 3.05) is 17.2 Å². The molecule has 5 heteroatoms. The first-order valence-corrected chi connectivity index (χ1v) is 7.41. The van der Waals surface area contributed by atoms with Gasteiger partial charge in [-0.05, 0) is 55.8 Å². The molecule has 0 saturated heterocycles. The predicted molar refractivity (Wildman–Crippen MR) is 87.4 cm³/mol. The van der Waals surface area contributed by atoms with E-state index in [1.807, 2.05) is 26.0 Å². The molecule has 0 aromatic heterocycles. The Labute approximate surface area is 131 Å². The van der Waals surface area contributed by atoms with Gasteiger partial charge in [-0.1, -0.05) is 15.9 Å². The lowest BCUT2D eigenvalue weighted by molar-refractivity contribution is 0.102. The fraction of sp³-hybridized carbons (Fsp3) is 0.188. The fourth-order valence-electron chi connectivity index (χ4n) is 2.01. The SMILES string of the molecule is CCNc1ccc(C(=O)Nc2ccc(Br)cc2F)c(C)c1. The Balaban J connectivity index is 2.20. The lowest BCUT2D eigenvalue weighted by Crippen LogP contribution is -2.14. The average Bonchev–Trinajstić information content (AvgIpc) is 2.42. The van der Waals surface area contributed by atoms with Gasteiger partial charge in [0, 0.05) is 22.3 Å². The number of hydrogen-bond donors (Lipinski definition) is 2. The van der Waals surface area contributed by atoms with Crippen molar-refractivity contribution in [2.24, 2.45) is 0 Å². The van der Waals surface area contributed by atoms with Gasteiger partial charge in [-0.25, -0.2) is 4.39 Å². The van der Waals surface area contributed by atoms with Gasteiger partial charge in [-0.2, -0.15) is 0 Å². The third-order valence-electron chi connectivity index (χ3n) is 3.03. The number of hydrogen-bond acceptors (Lipinski definition) is 2. The summed E-state index contributed by atoms with van der Waals surface area (Å²) in [5.74, 6) is -0.795. The van der Waals surface area contributed by atoms with E-state index in [2.05, 4.69) is 26.6 Å². The summed E-state index contributed by atoms with van der Waals surface area (Å²) >= 11 is 3.18. The van der Waals surface area contributed by atoms with Crippen molar-refractivity contribution < 1.29 is 9.18 Å². The fourth-order valence-corrected chi connectivity index (χ4v) is 2.35. The van der Waals surface area contributed by atoms with Gasteiger partial charge in [0.2, 0.25) is 0 Å². The Bertz CT molecular complexity index is 673. The Morgan fingerprint density at radius 1 is 1.24 bits per heavy atom. The maximum atomic E-state index is 13.7. The smallest absolute Gasteiger partial charge is 0.256 e. The Hall–Kier alpha value is -1.88. The summed E-state index contributed by atoms with van der Waals surface area (Å²) in [6.45, 7) is 4.68. The summed E-state index contributed by atoms with van der Waals surface area (Å²) in [5, 5.41) is 5.77. The quantitative estimate of drug-likeness (QED) is 0.847. The highest BCUT2D eigenvalue weighted by molar-refractivity contribution is 9.10. The molecule has 1 amide bonds. The van der Waals surface area contributed by atoms with Gasteiger partial charge in [0.05, 0.1) is 5.69 Å². The second kappa shape index (κ2) is 6.72. The number of carbonyl (C=O) groups excluding carboxylic acids is 1. The molecule has 2 aromatic carbocycles. The van der Waals surface area contributed by atoms with Crippen LogP contribution in [-0.2, 0) is 0 Å². The first-order valence-electron chi connectivity index (χ1n) is 6.62. The van der Waals surface area contributed by atoms with Crippen LogP contribution in [0.25, 0.3) is 0 Å². The van der Waals surface area contributed by atoms with Gasteiger partial charge in [0.25, 0.3) is 5.91 Å². The van der Waals surface area contributed by atoms with Gasteiger partial charge in [0.15, 0.2) is 0 Å². The summed E-state index contributed by atoms with van der Waals surface area (Å²) in [4.78, 5) is 12.2. The second-order valence-corrected chi connectivity index (χ2v) is 5.55. The third-order valence-corrected chi connectivity index (χ3v) is 3.52. The van der Waals surface area contributed by atoms with Crippen LogP contribution < -0.4 is 10.6 Å². The van der Waals surface area contributed by atoms with Crippen LogP contribution >= 0.6 is 15.9 Å². The van der Waals surface area contributed by atoms with E-state index in [9.17, 15) is 9.18 Å². The molecule has 0 atom stereocenters. The van der Waals surface area contributed by atoms with Crippen molar-refractivity contribution in [1.82, 2.24) is 0 Å². The van der Waals surface area contributed by atoms with Crippen LogP contribution in [0.3, 0.4) is 0 Å². The van der Waals surface area contributed by atoms with Crippen LogP contribution in [0.1, 0.15) is 22.8 Å². The number of benzene rings is 2. The van der Waals surface area contributed by atoms with Gasteiger partial charge in [-0.15, -0.1) is 0 Å². The molecule has 2 rings (SSSR count). The van der Waals surface area contributed by atoms with Gasteiger partial charge in [0.1, 0.15) is 5.82 Å². The molecule has 0 aliphatic carbocycles. The van der Waals surface area contributed by atoms with Crippen molar-refractivity contribution in [3.63, 3.8) is 0 Å². The molecule has 0 aliphatic rings. The van der Waals surface area contributed by atoms with Gasteiger partial charge < -0.3 is 10.6 Å². The van der Waals surface area contributed by atoms with Crippen LogP contribution in [0.4, 0.5) is 15.8 Å². The summed E-state index contributed by atoms with van der Waals surface area (Å²) in [6, 6.07) is 10.00. The third kappa shape index (κ3) is 3.82. The summed E-state index contributed by atoms with van der Waals surface area (Å²) in [6.07, 6.45) is 0. The van der Waals surface area contributed by atoms with Crippen LogP contribution in [-0.4, -0.2) is 12.5 Å². The number of carbonyl (C=O) groups is 1. The molecule has 3 nitrogen and oxygen atoms in total. The summed E-state index contributed by atoms with van der Waals surface area (Å²) in [5.41, 5.74) is 2.49. The van der Waals surface area contributed by atoms with E-state index in [0.717, 1.165) is 17.8 Å². The Morgan fingerprint density at radius 2 is 2.00 bits per heavy atom. The molecule has 2 aromatic rings. The zero-order valence-corrected chi connectivity index (χ0v) is 13.4. The second-order valence-electron chi connectivity index (χ2n) is 4.64. The van der Waals surface area contributed by atoms with E-state index in [1.54, 1.807) is 12.1 Å².